The number of hydrogen-bond donors (Lipinski definition) is 3. The van der Waals surface area contributed by atoms with Crippen molar-refractivity contribution in [3.63, 3.8) is 0 Å². The average molecular weight is 433 g/mol. The second-order valence-corrected chi connectivity index (χ2v) is 8.99. The summed E-state index contributed by atoms with van der Waals surface area (Å²) in [6.07, 6.45) is 1.59. The fourth-order valence-corrected chi connectivity index (χ4v) is 5.61. The zero-order valence-corrected chi connectivity index (χ0v) is 17.9. The SMILES string of the molecule is CC[C@@]1(O)C(=O)OCc2c1cc1n(c2=O)Cc2c-1nc1cc(O)c(C)c3c1c2[C@@H](N)CC3. The van der Waals surface area contributed by atoms with Crippen LogP contribution in [0.2, 0.25) is 0 Å². The first-order valence-corrected chi connectivity index (χ1v) is 10.9. The zero-order valence-electron chi connectivity index (χ0n) is 17.9. The van der Waals surface area contributed by atoms with E-state index in [0.29, 0.717) is 29.0 Å². The number of ether oxygens (including phenoxy) is 1. The minimum absolute atomic E-state index is 0.0896. The summed E-state index contributed by atoms with van der Waals surface area (Å²) in [6.45, 7) is 3.73. The highest BCUT2D eigenvalue weighted by Crippen LogP contribution is 2.46. The lowest BCUT2D eigenvalue weighted by molar-refractivity contribution is -0.172. The molecule has 2 aromatic heterocycles. The summed E-state index contributed by atoms with van der Waals surface area (Å²) < 4.78 is 6.76. The molecular formula is C24H23N3O5. The Morgan fingerprint density at radius 2 is 2.06 bits per heavy atom. The first-order chi connectivity index (χ1) is 15.3. The van der Waals surface area contributed by atoms with Crippen molar-refractivity contribution in [2.45, 2.75) is 57.9 Å². The third-order valence-corrected chi connectivity index (χ3v) is 7.46. The van der Waals surface area contributed by atoms with Crippen LogP contribution in [0.15, 0.2) is 16.9 Å². The molecular weight excluding hydrogens is 410 g/mol. The Kier molecular flexibility index (Phi) is 3.75. The largest absolute Gasteiger partial charge is 0.508 e. The molecule has 1 aromatic carbocycles. The second-order valence-electron chi connectivity index (χ2n) is 8.99. The van der Waals surface area contributed by atoms with E-state index in [1.165, 1.54) is 0 Å². The molecule has 32 heavy (non-hydrogen) atoms. The fraction of sp³-hybridized carbons (Fsp3) is 0.375. The van der Waals surface area contributed by atoms with Crippen molar-refractivity contribution in [1.82, 2.24) is 9.55 Å². The van der Waals surface area contributed by atoms with E-state index in [1.54, 1.807) is 23.6 Å². The topological polar surface area (TPSA) is 128 Å². The molecule has 0 amide bonds. The number of nitrogens with zero attached hydrogens (tertiary/aromatic N) is 2. The van der Waals surface area contributed by atoms with Gasteiger partial charge in [0.2, 0.25) is 0 Å². The first-order valence-electron chi connectivity index (χ1n) is 10.9. The zero-order chi connectivity index (χ0) is 22.5. The molecule has 2 atom stereocenters. The maximum absolute atomic E-state index is 13.4. The van der Waals surface area contributed by atoms with Crippen LogP contribution >= 0.6 is 0 Å². The number of nitrogens with two attached hydrogens (primary N) is 1. The molecule has 1 aliphatic carbocycles. The van der Waals surface area contributed by atoms with Gasteiger partial charge in [-0.3, -0.25) is 4.79 Å². The van der Waals surface area contributed by atoms with Crippen LogP contribution in [0.1, 0.15) is 59.2 Å². The van der Waals surface area contributed by atoms with Crippen molar-refractivity contribution >= 4 is 16.9 Å². The number of carbonyl (C=O) groups is 1. The van der Waals surface area contributed by atoms with Crippen LogP contribution in [-0.4, -0.2) is 25.7 Å². The molecule has 2 aliphatic heterocycles. The number of hydrogen-bond acceptors (Lipinski definition) is 7. The Labute approximate surface area is 183 Å². The number of fused-ring (bicyclic) bond motifs is 5. The molecule has 4 N–H and O–H groups in total. The molecule has 6 rings (SSSR count). The average Bonchev–Trinajstić information content (AvgIpc) is 3.14. The lowest BCUT2D eigenvalue weighted by Gasteiger charge is -2.31. The van der Waals surface area contributed by atoms with Crippen LogP contribution in [-0.2, 0) is 34.7 Å². The second kappa shape index (κ2) is 6.17. The van der Waals surface area contributed by atoms with Crippen molar-refractivity contribution < 1.29 is 19.7 Å². The molecule has 0 bridgehead atoms. The van der Waals surface area contributed by atoms with Gasteiger partial charge in [-0.15, -0.1) is 0 Å². The molecule has 3 aliphatic rings. The molecule has 164 valence electrons. The molecule has 0 spiro atoms. The van der Waals surface area contributed by atoms with Gasteiger partial charge in [0, 0.05) is 28.6 Å². The van der Waals surface area contributed by atoms with E-state index in [0.717, 1.165) is 40.5 Å². The van der Waals surface area contributed by atoms with E-state index < -0.39 is 11.6 Å². The number of esters is 1. The minimum Gasteiger partial charge on any atom is -0.508 e. The van der Waals surface area contributed by atoms with Crippen molar-refractivity contribution in [2.24, 2.45) is 5.73 Å². The Morgan fingerprint density at radius 3 is 2.81 bits per heavy atom. The molecule has 3 aromatic rings. The maximum atomic E-state index is 13.4. The third-order valence-electron chi connectivity index (χ3n) is 7.46. The van der Waals surface area contributed by atoms with E-state index in [4.69, 9.17) is 15.5 Å². The highest BCUT2D eigenvalue weighted by atomic mass is 16.6. The Balaban J connectivity index is 1.70. The van der Waals surface area contributed by atoms with Gasteiger partial charge in [-0.25, -0.2) is 9.78 Å². The van der Waals surface area contributed by atoms with Crippen LogP contribution in [0, 0.1) is 6.92 Å². The van der Waals surface area contributed by atoms with Gasteiger partial charge in [0.25, 0.3) is 5.56 Å². The predicted octanol–water partition coefficient (Wildman–Crippen LogP) is 2.04. The van der Waals surface area contributed by atoms with Gasteiger partial charge in [-0.1, -0.05) is 6.92 Å². The van der Waals surface area contributed by atoms with Gasteiger partial charge in [0.05, 0.1) is 29.0 Å². The highest BCUT2D eigenvalue weighted by molar-refractivity contribution is 5.94. The smallest absolute Gasteiger partial charge is 0.343 e. The van der Waals surface area contributed by atoms with Crippen molar-refractivity contribution in [3.05, 3.63) is 55.9 Å². The van der Waals surface area contributed by atoms with E-state index in [-0.39, 0.29) is 35.9 Å². The summed E-state index contributed by atoms with van der Waals surface area (Å²) in [4.78, 5) is 30.6. The molecule has 4 heterocycles. The summed E-state index contributed by atoms with van der Waals surface area (Å²) in [5.41, 5.74) is 10.5. The van der Waals surface area contributed by atoms with Crippen molar-refractivity contribution in [1.29, 1.82) is 0 Å². The van der Waals surface area contributed by atoms with Crippen LogP contribution in [0.25, 0.3) is 22.3 Å². The summed E-state index contributed by atoms with van der Waals surface area (Å²) in [5.74, 6) is -0.561. The minimum atomic E-state index is -1.87. The quantitative estimate of drug-likeness (QED) is 0.392. The van der Waals surface area contributed by atoms with Crippen LogP contribution in [0.4, 0.5) is 0 Å². The van der Waals surface area contributed by atoms with E-state index in [1.807, 2.05) is 6.92 Å². The number of benzene rings is 1. The number of phenolic OH excluding ortho intramolecular Hbond substituents is 1. The lowest BCUT2D eigenvalue weighted by Crippen LogP contribution is -2.44. The molecule has 0 unspecified atom stereocenters. The van der Waals surface area contributed by atoms with E-state index in [2.05, 4.69) is 0 Å². The fourth-order valence-electron chi connectivity index (χ4n) is 5.61. The van der Waals surface area contributed by atoms with Gasteiger partial charge in [-0.2, -0.15) is 0 Å². The standard InChI is InChI=1S/C24H23N3O5/c1-3-24(31)14-6-17-21-12(8-27(17)22(29)13(14)9-32-23(24)30)19-15(25)5-4-11-10(2)18(28)7-16(26-21)20(11)19/h6-7,15,28,31H,3-5,8-9,25H2,1-2H3/t15-,24-/m0/s1. The van der Waals surface area contributed by atoms with E-state index >= 15 is 0 Å². The van der Waals surface area contributed by atoms with Crippen molar-refractivity contribution in [3.8, 4) is 17.1 Å². The lowest BCUT2D eigenvalue weighted by atomic mass is 9.82. The molecule has 8 heteroatoms. The number of aromatic hydroxyl groups is 1. The number of aliphatic hydroxyl groups is 1. The molecule has 0 saturated heterocycles. The number of phenols is 1. The van der Waals surface area contributed by atoms with Crippen LogP contribution < -0.4 is 11.3 Å². The summed E-state index contributed by atoms with van der Waals surface area (Å²) >= 11 is 0. The molecule has 0 fully saturated rings. The van der Waals surface area contributed by atoms with Crippen LogP contribution in [0.3, 0.4) is 0 Å². The monoisotopic (exact) mass is 433 g/mol. The Bertz CT molecular complexity index is 1440. The van der Waals surface area contributed by atoms with Gasteiger partial charge in [0.1, 0.15) is 12.4 Å². The normalized spacial score (nSPS) is 23.0. The Hall–Kier alpha value is -3.23. The number of cyclic esters (lactones) is 1. The number of aryl methyl sites for hydroxylation is 1. The number of rotatable bonds is 1. The molecule has 8 nitrogen and oxygen atoms in total. The maximum Gasteiger partial charge on any atom is 0.343 e. The third kappa shape index (κ3) is 2.21. The van der Waals surface area contributed by atoms with Crippen LogP contribution in [0.5, 0.6) is 5.75 Å². The van der Waals surface area contributed by atoms with Gasteiger partial charge >= 0.3 is 5.97 Å². The van der Waals surface area contributed by atoms with E-state index in [9.17, 15) is 19.8 Å². The Morgan fingerprint density at radius 1 is 1.28 bits per heavy atom. The predicted molar refractivity (Wildman–Crippen MR) is 116 cm³/mol. The number of carbonyl (C=O) groups excluding carboxylic acids is 1. The summed E-state index contributed by atoms with van der Waals surface area (Å²) in [6, 6.07) is 3.14. The van der Waals surface area contributed by atoms with Gasteiger partial charge in [-0.05, 0) is 48.9 Å². The first kappa shape index (κ1) is 19.5. The number of aromatic nitrogens is 2. The highest BCUT2D eigenvalue weighted by Gasteiger charge is 2.45. The summed E-state index contributed by atoms with van der Waals surface area (Å²) in [5, 5.41) is 22.5. The molecule has 0 saturated carbocycles. The van der Waals surface area contributed by atoms with Gasteiger partial charge < -0.3 is 25.3 Å². The molecule has 0 radical (unpaired) electrons. The van der Waals surface area contributed by atoms with Crippen molar-refractivity contribution in [2.75, 3.05) is 0 Å². The van der Waals surface area contributed by atoms with Gasteiger partial charge in [0.15, 0.2) is 5.60 Å². The number of pyridine rings is 2. The summed E-state index contributed by atoms with van der Waals surface area (Å²) in [7, 11) is 0.